The number of para-hydroxylation sites is 2. The van der Waals surface area contributed by atoms with Gasteiger partial charge in [0.25, 0.3) is 0 Å². The predicted octanol–water partition coefficient (Wildman–Crippen LogP) is 17.5. The van der Waals surface area contributed by atoms with Crippen molar-refractivity contribution in [3.63, 3.8) is 0 Å². The van der Waals surface area contributed by atoms with E-state index >= 15 is 0 Å². The molecule has 9 aromatic carbocycles. The maximum Gasteiger partial charge on any atom is 0.0540 e. The van der Waals surface area contributed by atoms with Crippen molar-refractivity contribution in [3.8, 4) is 44.5 Å². The van der Waals surface area contributed by atoms with Crippen molar-refractivity contribution in [3.05, 3.63) is 211 Å². The summed E-state index contributed by atoms with van der Waals surface area (Å²) in [4.78, 5) is 2.57. The van der Waals surface area contributed by atoms with E-state index in [0.717, 1.165) is 17.1 Å². The molecule has 298 valence electrons. The highest BCUT2D eigenvalue weighted by Crippen LogP contribution is 2.51. The lowest BCUT2D eigenvalue weighted by Gasteiger charge is -2.33. The number of rotatable bonds is 8. The van der Waals surface area contributed by atoms with E-state index in [1.165, 1.54) is 109 Å². The van der Waals surface area contributed by atoms with Gasteiger partial charge in [-0.2, -0.15) is 0 Å². The van der Waals surface area contributed by atoms with Gasteiger partial charge in [-0.3, -0.25) is 0 Å². The van der Waals surface area contributed by atoms with Crippen LogP contribution in [0.25, 0.3) is 66.1 Å². The van der Waals surface area contributed by atoms with E-state index in [4.69, 9.17) is 0 Å². The molecule has 61 heavy (non-hydrogen) atoms. The van der Waals surface area contributed by atoms with Gasteiger partial charge in [0.1, 0.15) is 0 Å². The van der Waals surface area contributed by atoms with Gasteiger partial charge in [0.15, 0.2) is 0 Å². The third kappa shape index (κ3) is 7.33. The molecule has 0 bridgehead atoms. The molecule has 1 fully saturated rings. The SMILES string of the molecule is CC(C)(C)c1ccc(N(c2ccccc2-c2cccc3cccc(-c4ccccc4)c23)c2ccccc2-c2cccc3cccc(C4CCCCC4)c23)c(-c2ccccc2)c1. The molecule has 0 saturated heterocycles. The zero-order valence-corrected chi connectivity index (χ0v) is 35.6. The quantitative estimate of drug-likeness (QED) is 0.148. The minimum Gasteiger partial charge on any atom is -0.309 e. The fraction of sp³-hybridized carbons (Fsp3) is 0.167. The Balaban J connectivity index is 1.29. The molecule has 10 rings (SSSR count). The lowest BCUT2D eigenvalue weighted by molar-refractivity contribution is 0.445. The average Bonchev–Trinajstić information content (AvgIpc) is 3.32. The Labute approximate surface area is 362 Å². The van der Waals surface area contributed by atoms with Gasteiger partial charge in [0.2, 0.25) is 0 Å². The van der Waals surface area contributed by atoms with Gasteiger partial charge >= 0.3 is 0 Å². The molecule has 0 atom stereocenters. The highest BCUT2D eigenvalue weighted by Gasteiger charge is 2.27. The van der Waals surface area contributed by atoms with Crippen LogP contribution in [0.15, 0.2) is 200 Å². The Kier molecular flexibility index (Phi) is 10.3. The normalized spacial score (nSPS) is 13.4. The van der Waals surface area contributed by atoms with E-state index in [0.29, 0.717) is 5.92 Å². The molecule has 0 aromatic heterocycles. The third-order valence-electron chi connectivity index (χ3n) is 13.0. The number of nitrogens with zero attached hydrogens (tertiary/aromatic N) is 1. The van der Waals surface area contributed by atoms with E-state index in [1.807, 2.05) is 0 Å². The minimum absolute atomic E-state index is 0.0298. The van der Waals surface area contributed by atoms with Crippen molar-refractivity contribution in [1.82, 2.24) is 0 Å². The van der Waals surface area contributed by atoms with Crippen LogP contribution >= 0.6 is 0 Å². The van der Waals surface area contributed by atoms with Crippen LogP contribution in [0.2, 0.25) is 0 Å². The molecule has 0 radical (unpaired) electrons. The molecule has 1 aliphatic rings. The predicted molar refractivity (Wildman–Crippen MR) is 262 cm³/mol. The summed E-state index contributed by atoms with van der Waals surface area (Å²) in [5, 5.41) is 5.19. The maximum atomic E-state index is 2.57. The fourth-order valence-electron chi connectivity index (χ4n) is 10.0. The smallest absolute Gasteiger partial charge is 0.0540 e. The van der Waals surface area contributed by atoms with Gasteiger partial charge in [-0.05, 0) is 109 Å². The standard InChI is InChI=1S/C60H53N/c1-60(2,3)47-39-40-57(54(41-47)44-25-11-6-12-26-44)61(55-37-15-13-31-50(55)52-35-19-29-45-27-17-33-48(58(45)52)42-21-7-4-8-22-42)56-38-16-14-32-51(56)53-36-20-30-46-28-18-34-49(59(46)53)43-23-9-5-10-24-43/h4,6-8,11-22,25-41,43H,5,9-10,23-24H2,1-3H3. The van der Waals surface area contributed by atoms with Gasteiger partial charge < -0.3 is 4.90 Å². The Morgan fingerprint density at radius 3 is 1.43 bits per heavy atom. The fourth-order valence-corrected chi connectivity index (χ4v) is 10.0. The molecule has 0 N–H and O–H groups in total. The van der Waals surface area contributed by atoms with Gasteiger partial charge in [-0.1, -0.05) is 216 Å². The molecule has 0 spiro atoms. The summed E-state index contributed by atoms with van der Waals surface area (Å²) in [7, 11) is 0. The minimum atomic E-state index is -0.0298. The van der Waals surface area contributed by atoms with Crippen molar-refractivity contribution in [2.45, 2.75) is 64.2 Å². The summed E-state index contributed by atoms with van der Waals surface area (Å²) < 4.78 is 0. The maximum absolute atomic E-state index is 2.57. The molecular formula is C60H53N. The van der Waals surface area contributed by atoms with Crippen LogP contribution < -0.4 is 4.90 Å². The first-order valence-electron chi connectivity index (χ1n) is 22.2. The van der Waals surface area contributed by atoms with E-state index < -0.39 is 0 Å². The largest absolute Gasteiger partial charge is 0.309 e. The van der Waals surface area contributed by atoms with Crippen LogP contribution in [0.3, 0.4) is 0 Å². The highest BCUT2D eigenvalue weighted by molar-refractivity contribution is 6.10. The summed E-state index contributed by atoms with van der Waals surface area (Å²) in [6, 6.07) is 74.7. The highest BCUT2D eigenvalue weighted by atomic mass is 15.1. The lowest BCUT2D eigenvalue weighted by Crippen LogP contribution is -2.16. The zero-order chi connectivity index (χ0) is 41.3. The first-order valence-corrected chi connectivity index (χ1v) is 22.2. The number of hydrogen-bond donors (Lipinski definition) is 0. The Bertz CT molecular complexity index is 2970. The molecular weight excluding hydrogens is 735 g/mol. The van der Waals surface area contributed by atoms with Crippen molar-refractivity contribution in [2.24, 2.45) is 0 Å². The van der Waals surface area contributed by atoms with E-state index in [9.17, 15) is 0 Å². The summed E-state index contributed by atoms with van der Waals surface area (Å²) in [6.45, 7) is 6.94. The zero-order valence-electron chi connectivity index (χ0n) is 35.6. The van der Waals surface area contributed by atoms with Crippen LogP contribution in [-0.4, -0.2) is 0 Å². The van der Waals surface area contributed by atoms with Gasteiger partial charge in [0.05, 0.1) is 17.1 Å². The molecule has 1 nitrogen and oxygen atoms in total. The summed E-state index contributed by atoms with van der Waals surface area (Å²) >= 11 is 0. The Morgan fingerprint density at radius 2 is 0.836 bits per heavy atom. The van der Waals surface area contributed by atoms with Crippen LogP contribution in [-0.2, 0) is 5.41 Å². The first kappa shape index (κ1) is 38.5. The van der Waals surface area contributed by atoms with Crippen LogP contribution in [0.1, 0.15) is 69.9 Å². The summed E-state index contributed by atoms with van der Waals surface area (Å²) in [6.07, 6.45) is 6.46. The molecule has 0 aliphatic heterocycles. The second kappa shape index (κ2) is 16.4. The van der Waals surface area contributed by atoms with Crippen molar-refractivity contribution < 1.29 is 0 Å². The summed E-state index contributed by atoms with van der Waals surface area (Å²) in [5.41, 5.74) is 16.0. The molecule has 1 aliphatic carbocycles. The number of hydrogen-bond acceptors (Lipinski definition) is 1. The topological polar surface area (TPSA) is 3.24 Å². The molecule has 1 saturated carbocycles. The third-order valence-corrected chi connectivity index (χ3v) is 13.0. The molecule has 0 heterocycles. The van der Waals surface area contributed by atoms with E-state index in [1.54, 1.807) is 0 Å². The number of benzene rings is 9. The second-order valence-corrected chi connectivity index (χ2v) is 17.9. The Hall–Kier alpha value is -6.70. The number of anilines is 3. The van der Waals surface area contributed by atoms with Crippen LogP contribution in [0.5, 0.6) is 0 Å². The van der Waals surface area contributed by atoms with E-state index in [-0.39, 0.29) is 5.41 Å². The van der Waals surface area contributed by atoms with Crippen molar-refractivity contribution in [1.29, 1.82) is 0 Å². The lowest BCUT2D eigenvalue weighted by atomic mass is 9.80. The van der Waals surface area contributed by atoms with E-state index in [2.05, 4.69) is 226 Å². The van der Waals surface area contributed by atoms with Crippen molar-refractivity contribution >= 4 is 38.6 Å². The Morgan fingerprint density at radius 1 is 0.377 bits per heavy atom. The second-order valence-electron chi connectivity index (χ2n) is 17.9. The van der Waals surface area contributed by atoms with Crippen LogP contribution in [0.4, 0.5) is 17.1 Å². The molecule has 1 heteroatoms. The first-order chi connectivity index (χ1) is 29.9. The molecule has 9 aromatic rings. The van der Waals surface area contributed by atoms with Gasteiger partial charge in [-0.25, -0.2) is 0 Å². The van der Waals surface area contributed by atoms with Crippen LogP contribution in [0, 0.1) is 0 Å². The number of fused-ring (bicyclic) bond motifs is 2. The van der Waals surface area contributed by atoms with Crippen molar-refractivity contribution in [2.75, 3.05) is 4.90 Å². The van der Waals surface area contributed by atoms with Gasteiger partial charge in [0, 0.05) is 16.7 Å². The summed E-state index contributed by atoms with van der Waals surface area (Å²) in [5.74, 6) is 0.572. The van der Waals surface area contributed by atoms with Gasteiger partial charge in [-0.15, -0.1) is 0 Å². The average molecular weight is 788 g/mol. The monoisotopic (exact) mass is 787 g/mol. The molecule has 0 unspecified atom stereocenters. The molecule has 0 amide bonds.